The summed E-state index contributed by atoms with van der Waals surface area (Å²) in [5, 5.41) is 0. The van der Waals surface area contributed by atoms with E-state index in [1.54, 1.807) is 0 Å². The molecule has 1 aromatic heterocycles. The van der Waals surface area contributed by atoms with E-state index in [2.05, 4.69) is 41.1 Å². The Morgan fingerprint density at radius 1 is 1.13 bits per heavy atom. The number of aromatic amines is 1. The molecule has 0 spiro atoms. The van der Waals surface area contributed by atoms with E-state index in [0.29, 0.717) is 0 Å². The molecule has 0 amide bonds. The van der Waals surface area contributed by atoms with Crippen LogP contribution in [0, 0.1) is 0 Å². The van der Waals surface area contributed by atoms with Gasteiger partial charge in [0.1, 0.15) is 11.6 Å². The van der Waals surface area contributed by atoms with Crippen molar-refractivity contribution in [2.45, 2.75) is 26.5 Å². The van der Waals surface area contributed by atoms with Gasteiger partial charge in [0.25, 0.3) is 0 Å². The Bertz CT molecular complexity index is 772. The van der Waals surface area contributed by atoms with E-state index in [1.807, 2.05) is 44.2 Å². The molecule has 23 heavy (non-hydrogen) atoms. The summed E-state index contributed by atoms with van der Waals surface area (Å²) in [5.41, 5.74) is 4.29. The first-order valence-corrected chi connectivity index (χ1v) is 7.92. The Morgan fingerprint density at radius 2 is 1.91 bits per heavy atom. The Labute approximate surface area is 137 Å². The van der Waals surface area contributed by atoms with Gasteiger partial charge in [0, 0.05) is 17.7 Å². The molecule has 0 aliphatic rings. The van der Waals surface area contributed by atoms with Crippen molar-refractivity contribution in [2.24, 2.45) is 0 Å². The van der Waals surface area contributed by atoms with Crippen molar-refractivity contribution >= 4 is 11.0 Å². The summed E-state index contributed by atoms with van der Waals surface area (Å²) in [6.07, 6.45) is 0.160. The minimum atomic E-state index is 0.160. The van der Waals surface area contributed by atoms with E-state index >= 15 is 0 Å². The highest BCUT2D eigenvalue weighted by atomic mass is 16.5. The number of aromatic nitrogens is 2. The average molecular weight is 309 g/mol. The molecule has 0 unspecified atom stereocenters. The van der Waals surface area contributed by atoms with Crippen LogP contribution in [-0.4, -0.2) is 35.1 Å². The summed E-state index contributed by atoms with van der Waals surface area (Å²) in [5.74, 6) is 1.83. The Balaban J connectivity index is 2.01. The molecule has 0 bridgehead atoms. The van der Waals surface area contributed by atoms with Crippen molar-refractivity contribution in [2.75, 3.05) is 14.1 Å². The molecule has 120 valence electrons. The average Bonchev–Trinajstić information content (AvgIpc) is 2.92. The number of rotatable bonds is 5. The number of fused-ring (bicyclic) bond motifs is 1. The van der Waals surface area contributed by atoms with Crippen LogP contribution in [0.25, 0.3) is 22.4 Å². The van der Waals surface area contributed by atoms with Gasteiger partial charge in [-0.05, 0) is 58.3 Å². The van der Waals surface area contributed by atoms with Crippen molar-refractivity contribution in [3.8, 4) is 17.1 Å². The molecule has 4 heteroatoms. The van der Waals surface area contributed by atoms with Gasteiger partial charge in [-0.1, -0.05) is 12.1 Å². The topological polar surface area (TPSA) is 41.1 Å². The van der Waals surface area contributed by atoms with Gasteiger partial charge in [-0.2, -0.15) is 0 Å². The highest BCUT2D eigenvalue weighted by molar-refractivity contribution is 5.79. The zero-order chi connectivity index (χ0) is 16.4. The summed E-state index contributed by atoms with van der Waals surface area (Å²) < 4.78 is 5.94. The molecule has 4 nitrogen and oxygen atoms in total. The Hall–Kier alpha value is -2.33. The lowest BCUT2D eigenvalue weighted by Crippen LogP contribution is -2.14. The third kappa shape index (κ3) is 3.54. The van der Waals surface area contributed by atoms with Crippen LogP contribution in [-0.2, 0) is 6.54 Å². The van der Waals surface area contributed by atoms with Crippen LogP contribution in [0.2, 0.25) is 0 Å². The zero-order valence-corrected chi connectivity index (χ0v) is 14.1. The number of benzene rings is 2. The van der Waals surface area contributed by atoms with Gasteiger partial charge in [0.15, 0.2) is 0 Å². The summed E-state index contributed by atoms with van der Waals surface area (Å²) in [4.78, 5) is 10.2. The van der Waals surface area contributed by atoms with Crippen molar-refractivity contribution < 1.29 is 4.74 Å². The van der Waals surface area contributed by atoms with Crippen LogP contribution in [0.15, 0.2) is 42.5 Å². The lowest BCUT2D eigenvalue weighted by atomic mass is 10.1. The number of para-hydroxylation sites is 2. The van der Waals surface area contributed by atoms with Crippen molar-refractivity contribution in [1.29, 1.82) is 0 Å². The molecule has 0 atom stereocenters. The summed E-state index contributed by atoms with van der Waals surface area (Å²) in [7, 11) is 4.13. The minimum Gasteiger partial charge on any atom is -0.491 e. The van der Waals surface area contributed by atoms with E-state index in [9.17, 15) is 0 Å². The van der Waals surface area contributed by atoms with Gasteiger partial charge in [0.2, 0.25) is 0 Å². The second-order valence-electron chi connectivity index (χ2n) is 6.33. The van der Waals surface area contributed by atoms with E-state index in [1.165, 1.54) is 5.56 Å². The molecule has 3 rings (SSSR count). The second kappa shape index (κ2) is 6.42. The molecule has 0 radical (unpaired) electrons. The van der Waals surface area contributed by atoms with Gasteiger partial charge < -0.3 is 14.6 Å². The van der Waals surface area contributed by atoms with Crippen LogP contribution >= 0.6 is 0 Å². The van der Waals surface area contributed by atoms with Crippen molar-refractivity contribution in [1.82, 2.24) is 14.9 Å². The summed E-state index contributed by atoms with van der Waals surface area (Å²) >= 11 is 0. The molecule has 0 aliphatic heterocycles. The molecule has 0 fully saturated rings. The summed E-state index contributed by atoms with van der Waals surface area (Å²) in [6.45, 7) is 4.93. The number of hydrogen-bond donors (Lipinski definition) is 1. The van der Waals surface area contributed by atoms with Crippen molar-refractivity contribution in [3.05, 3.63) is 48.0 Å². The normalized spacial score (nSPS) is 11.6. The number of nitrogens with zero attached hydrogens (tertiary/aromatic N) is 2. The number of ether oxygens (including phenoxy) is 1. The fraction of sp³-hybridized carbons (Fsp3) is 0.316. The fourth-order valence-electron chi connectivity index (χ4n) is 2.65. The first-order chi connectivity index (χ1) is 11.0. The molecular weight excluding hydrogens is 286 g/mol. The third-order valence-electron chi connectivity index (χ3n) is 3.57. The van der Waals surface area contributed by atoms with Crippen LogP contribution < -0.4 is 4.74 Å². The maximum Gasteiger partial charge on any atom is 0.138 e. The van der Waals surface area contributed by atoms with E-state index in [-0.39, 0.29) is 6.10 Å². The van der Waals surface area contributed by atoms with Crippen LogP contribution in [0.4, 0.5) is 0 Å². The predicted octanol–water partition coefficient (Wildman–Crippen LogP) is 4.08. The molecule has 0 aliphatic carbocycles. The zero-order valence-electron chi connectivity index (χ0n) is 14.1. The first kappa shape index (κ1) is 15.6. The lowest BCUT2D eigenvalue weighted by molar-refractivity contribution is 0.236. The quantitative estimate of drug-likeness (QED) is 0.772. The highest BCUT2D eigenvalue weighted by Gasteiger charge is 2.11. The minimum absolute atomic E-state index is 0.160. The molecule has 0 saturated heterocycles. The van der Waals surface area contributed by atoms with E-state index < -0.39 is 0 Å². The maximum atomic E-state index is 5.94. The van der Waals surface area contributed by atoms with Gasteiger partial charge in [-0.3, -0.25) is 0 Å². The van der Waals surface area contributed by atoms with Crippen LogP contribution in [0.1, 0.15) is 19.4 Å². The number of hydrogen-bond acceptors (Lipinski definition) is 3. The second-order valence-corrected chi connectivity index (χ2v) is 6.33. The molecule has 2 aromatic carbocycles. The first-order valence-electron chi connectivity index (χ1n) is 7.92. The molecule has 0 saturated carbocycles. The maximum absolute atomic E-state index is 5.94. The largest absolute Gasteiger partial charge is 0.491 e. The van der Waals surface area contributed by atoms with Gasteiger partial charge in [0.05, 0.1) is 17.1 Å². The standard InChI is InChI=1S/C19H23N3O/c1-13(2)23-18-10-9-14(11-15(18)12-22(3)4)19-20-16-7-5-6-8-17(16)21-19/h5-11,13H,12H2,1-4H3,(H,20,21). The molecule has 1 N–H and O–H groups in total. The Morgan fingerprint density at radius 3 is 2.61 bits per heavy atom. The number of imidazole rings is 1. The fourth-order valence-corrected chi connectivity index (χ4v) is 2.65. The van der Waals surface area contributed by atoms with E-state index in [0.717, 1.165) is 34.7 Å². The van der Waals surface area contributed by atoms with Gasteiger partial charge in [-0.15, -0.1) is 0 Å². The predicted molar refractivity (Wildman–Crippen MR) is 94.7 cm³/mol. The monoisotopic (exact) mass is 309 g/mol. The number of nitrogens with one attached hydrogen (secondary N) is 1. The van der Waals surface area contributed by atoms with E-state index in [4.69, 9.17) is 4.74 Å². The Kier molecular flexibility index (Phi) is 4.35. The number of H-pyrrole nitrogens is 1. The summed E-state index contributed by atoms with van der Waals surface area (Å²) in [6, 6.07) is 14.4. The highest BCUT2D eigenvalue weighted by Crippen LogP contribution is 2.28. The van der Waals surface area contributed by atoms with Gasteiger partial charge in [-0.25, -0.2) is 4.98 Å². The molecular formula is C19H23N3O. The molecule has 3 aromatic rings. The van der Waals surface area contributed by atoms with Crippen LogP contribution in [0.5, 0.6) is 5.75 Å². The third-order valence-corrected chi connectivity index (χ3v) is 3.57. The lowest BCUT2D eigenvalue weighted by Gasteiger charge is -2.17. The molecule has 1 heterocycles. The van der Waals surface area contributed by atoms with Crippen LogP contribution in [0.3, 0.4) is 0 Å². The smallest absolute Gasteiger partial charge is 0.138 e. The van der Waals surface area contributed by atoms with Gasteiger partial charge >= 0.3 is 0 Å². The van der Waals surface area contributed by atoms with Crippen molar-refractivity contribution in [3.63, 3.8) is 0 Å². The SMILES string of the molecule is CC(C)Oc1ccc(-c2nc3ccccc3[nH]2)cc1CN(C)C.